The van der Waals surface area contributed by atoms with Gasteiger partial charge in [0, 0.05) is 24.0 Å². The SMILES string of the molecule is CCOCCOCC(NC(=O)CI)C(=O)CCCC[C@@H]1SC[C@@H]2NC(=O)N[C@@H]21. The van der Waals surface area contributed by atoms with Crippen LogP contribution in [0.3, 0.4) is 0 Å². The van der Waals surface area contributed by atoms with E-state index in [1.807, 2.05) is 41.3 Å². The van der Waals surface area contributed by atoms with Gasteiger partial charge in [-0.15, -0.1) is 0 Å². The van der Waals surface area contributed by atoms with Gasteiger partial charge in [-0.05, 0) is 19.8 Å². The molecule has 0 aromatic carbocycles. The van der Waals surface area contributed by atoms with Crippen molar-refractivity contribution in [2.24, 2.45) is 0 Å². The van der Waals surface area contributed by atoms with Crippen LogP contribution in [-0.4, -0.2) is 77.7 Å². The molecular weight excluding hydrogens is 497 g/mol. The summed E-state index contributed by atoms with van der Waals surface area (Å²) in [6.07, 6.45) is 3.07. The van der Waals surface area contributed by atoms with Gasteiger partial charge in [0.15, 0.2) is 5.78 Å². The van der Waals surface area contributed by atoms with Crippen molar-refractivity contribution in [2.45, 2.75) is 56.0 Å². The van der Waals surface area contributed by atoms with Crippen molar-refractivity contribution in [1.82, 2.24) is 16.0 Å². The van der Waals surface area contributed by atoms with Gasteiger partial charge in [-0.2, -0.15) is 11.8 Å². The third-order valence-electron chi connectivity index (χ3n) is 4.81. The molecule has 1 unspecified atom stereocenters. The van der Waals surface area contributed by atoms with Crippen LogP contribution < -0.4 is 16.0 Å². The van der Waals surface area contributed by atoms with Crippen LogP contribution in [0.15, 0.2) is 0 Å². The minimum absolute atomic E-state index is 0.00222. The Morgan fingerprint density at radius 1 is 1.29 bits per heavy atom. The van der Waals surface area contributed by atoms with Crippen LogP contribution in [0.25, 0.3) is 0 Å². The van der Waals surface area contributed by atoms with E-state index in [1.54, 1.807) is 0 Å². The molecule has 3 N–H and O–H groups in total. The van der Waals surface area contributed by atoms with E-state index in [-0.39, 0.29) is 36.4 Å². The monoisotopic (exact) mass is 527 g/mol. The van der Waals surface area contributed by atoms with Gasteiger partial charge in [0.1, 0.15) is 6.04 Å². The van der Waals surface area contributed by atoms with Gasteiger partial charge in [-0.1, -0.05) is 29.0 Å². The fourth-order valence-corrected chi connectivity index (χ4v) is 5.14. The van der Waals surface area contributed by atoms with Crippen molar-refractivity contribution >= 4 is 52.1 Å². The maximum absolute atomic E-state index is 12.5. The third kappa shape index (κ3) is 7.68. The molecule has 160 valence electrons. The molecule has 28 heavy (non-hydrogen) atoms. The number of unbranched alkanes of at least 4 members (excludes halogenated alkanes) is 1. The van der Waals surface area contributed by atoms with Crippen LogP contribution in [-0.2, 0) is 19.1 Å². The van der Waals surface area contributed by atoms with E-state index >= 15 is 0 Å². The second kappa shape index (κ2) is 12.9. The summed E-state index contributed by atoms with van der Waals surface area (Å²) in [6, 6.07) is -0.255. The second-order valence-electron chi connectivity index (χ2n) is 6.86. The number of fused-ring (bicyclic) bond motifs is 1. The molecule has 0 spiro atoms. The van der Waals surface area contributed by atoms with Crippen LogP contribution >= 0.6 is 34.4 Å². The number of carbonyl (C=O) groups is 3. The Labute approximate surface area is 184 Å². The minimum atomic E-state index is -0.604. The van der Waals surface area contributed by atoms with Crippen LogP contribution in [0.2, 0.25) is 0 Å². The van der Waals surface area contributed by atoms with Gasteiger partial charge in [-0.25, -0.2) is 4.79 Å². The van der Waals surface area contributed by atoms with Crippen LogP contribution in [0, 0.1) is 0 Å². The van der Waals surface area contributed by atoms with Gasteiger partial charge in [-0.3, -0.25) is 9.59 Å². The molecule has 0 aliphatic carbocycles. The number of rotatable bonds is 14. The molecular formula is C18H30IN3O5S. The van der Waals surface area contributed by atoms with E-state index in [9.17, 15) is 14.4 Å². The number of Topliss-reactive ketones (excluding diaryl/α,β-unsaturated/α-hetero) is 1. The lowest BCUT2D eigenvalue weighted by atomic mass is 10.0. The highest BCUT2D eigenvalue weighted by Gasteiger charge is 2.42. The van der Waals surface area contributed by atoms with E-state index in [0.717, 1.165) is 25.0 Å². The Kier molecular flexibility index (Phi) is 10.9. The molecule has 8 nitrogen and oxygen atoms in total. The molecule has 2 heterocycles. The summed E-state index contributed by atoms with van der Waals surface area (Å²) in [4.78, 5) is 35.7. The molecule has 2 aliphatic heterocycles. The van der Waals surface area contributed by atoms with Crippen LogP contribution in [0.4, 0.5) is 4.79 Å². The van der Waals surface area contributed by atoms with Crippen molar-refractivity contribution in [3.63, 3.8) is 0 Å². The first-order valence-corrected chi connectivity index (χ1v) is 12.3. The Balaban J connectivity index is 1.68. The van der Waals surface area contributed by atoms with Gasteiger partial charge in [0.05, 0.1) is 36.3 Å². The van der Waals surface area contributed by atoms with E-state index in [2.05, 4.69) is 16.0 Å². The summed E-state index contributed by atoms with van der Waals surface area (Å²) < 4.78 is 11.0. The van der Waals surface area contributed by atoms with Gasteiger partial charge in [0.25, 0.3) is 0 Å². The average molecular weight is 527 g/mol. The van der Waals surface area contributed by atoms with Crippen LogP contribution in [0.5, 0.6) is 0 Å². The highest BCUT2D eigenvalue weighted by Crippen LogP contribution is 2.33. The first-order chi connectivity index (χ1) is 13.5. The normalized spacial score (nSPS) is 24.4. The Morgan fingerprint density at radius 3 is 2.82 bits per heavy atom. The number of hydrogen-bond acceptors (Lipinski definition) is 6. The van der Waals surface area contributed by atoms with E-state index in [0.29, 0.717) is 35.9 Å². The number of alkyl halides is 1. The summed E-state index contributed by atoms with van der Waals surface area (Å²) in [7, 11) is 0. The predicted molar refractivity (Wildman–Crippen MR) is 117 cm³/mol. The Bertz CT molecular complexity index is 539. The average Bonchev–Trinajstić information content (AvgIpc) is 3.23. The van der Waals surface area contributed by atoms with Gasteiger partial charge < -0.3 is 25.4 Å². The molecule has 0 aromatic heterocycles. The Morgan fingerprint density at radius 2 is 2.07 bits per heavy atom. The number of carbonyl (C=O) groups excluding carboxylic acids is 3. The number of halogens is 1. The number of urea groups is 1. The zero-order valence-electron chi connectivity index (χ0n) is 16.2. The molecule has 2 saturated heterocycles. The summed E-state index contributed by atoms with van der Waals surface area (Å²) in [6.45, 7) is 3.59. The van der Waals surface area contributed by atoms with Crippen molar-refractivity contribution in [1.29, 1.82) is 0 Å². The highest BCUT2D eigenvalue weighted by atomic mass is 127. The summed E-state index contributed by atoms with van der Waals surface area (Å²) in [5.74, 6) is 0.781. The fourth-order valence-electron chi connectivity index (χ4n) is 3.37. The van der Waals surface area contributed by atoms with Crippen molar-refractivity contribution in [3.8, 4) is 0 Å². The number of hydrogen-bond donors (Lipinski definition) is 3. The van der Waals surface area contributed by atoms with Crippen molar-refractivity contribution < 1.29 is 23.9 Å². The molecule has 0 saturated carbocycles. The standard InChI is InChI=1S/C18H30IN3O5S/c1-2-26-7-8-27-10-12(20-16(24)9-19)14(23)5-3-4-6-15-17-13(11-28-15)21-18(25)22-17/h12-13,15,17H,2-11H2,1H3,(H,20,24)(H2,21,22,25)/t12?,13-,15-,17-/m0/s1. The summed E-state index contributed by atoms with van der Waals surface area (Å²) in [5.41, 5.74) is 0. The number of thioether (sulfide) groups is 1. The first-order valence-electron chi connectivity index (χ1n) is 9.77. The fraction of sp³-hybridized carbons (Fsp3) is 0.833. The lowest BCUT2D eigenvalue weighted by Crippen LogP contribution is -2.44. The number of nitrogens with one attached hydrogen (secondary N) is 3. The molecule has 0 radical (unpaired) electrons. The smallest absolute Gasteiger partial charge is 0.315 e. The van der Waals surface area contributed by atoms with Crippen molar-refractivity contribution in [3.05, 3.63) is 0 Å². The predicted octanol–water partition coefficient (Wildman–Crippen LogP) is 1.25. The molecule has 0 aromatic rings. The molecule has 0 bridgehead atoms. The van der Waals surface area contributed by atoms with Gasteiger partial charge >= 0.3 is 6.03 Å². The molecule has 10 heteroatoms. The largest absolute Gasteiger partial charge is 0.379 e. The van der Waals surface area contributed by atoms with Crippen LogP contribution in [0.1, 0.15) is 32.6 Å². The number of ketones is 1. The molecule has 2 aliphatic rings. The van der Waals surface area contributed by atoms with E-state index in [1.165, 1.54) is 0 Å². The summed E-state index contributed by atoms with van der Waals surface area (Å²) in [5, 5.41) is 9.07. The zero-order chi connectivity index (χ0) is 20.4. The Hall–Kier alpha value is -0.590. The topological polar surface area (TPSA) is 106 Å². The van der Waals surface area contributed by atoms with E-state index < -0.39 is 6.04 Å². The van der Waals surface area contributed by atoms with Gasteiger partial charge in [0.2, 0.25) is 5.91 Å². The minimum Gasteiger partial charge on any atom is -0.379 e. The highest BCUT2D eigenvalue weighted by molar-refractivity contribution is 14.1. The lowest BCUT2D eigenvalue weighted by Gasteiger charge is -2.18. The number of amides is 3. The second-order valence-corrected chi connectivity index (χ2v) is 8.89. The zero-order valence-corrected chi connectivity index (χ0v) is 19.2. The number of ether oxygens (including phenoxy) is 2. The molecule has 2 rings (SSSR count). The molecule has 2 fully saturated rings. The molecule has 4 atom stereocenters. The quantitative estimate of drug-likeness (QED) is 0.136. The maximum Gasteiger partial charge on any atom is 0.315 e. The van der Waals surface area contributed by atoms with Crippen molar-refractivity contribution in [2.75, 3.05) is 36.6 Å². The molecule has 3 amide bonds. The summed E-state index contributed by atoms with van der Waals surface area (Å²) >= 11 is 3.85. The first kappa shape index (κ1) is 23.7. The maximum atomic E-state index is 12.5. The van der Waals surface area contributed by atoms with E-state index in [4.69, 9.17) is 9.47 Å². The lowest BCUT2D eigenvalue weighted by molar-refractivity contribution is -0.128. The third-order valence-corrected chi connectivity index (χ3v) is 7.01.